The first-order valence-electron chi connectivity index (χ1n) is 6.14. The van der Waals surface area contributed by atoms with Crippen LogP contribution >= 0.6 is 11.3 Å². The van der Waals surface area contributed by atoms with Crippen LogP contribution in [-0.2, 0) is 17.9 Å². The van der Waals surface area contributed by atoms with Crippen molar-refractivity contribution in [3.05, 3.63) is 16.4 Å². The number of anilines is 1. The molecule has 0 aliphatic rings. The summed E-state index contributed by atoms with van der Waals surface area (Å²) in [5.41, 5.74) is 1.26. The predicted octanol–water partition coefficient (Wildman–Crippen LogP) is 0.692. The number of nitrogens with one attached hydrogen (secondary N) is 1. The van der Waals surface area contributed by atoms with E-state index in [-0.39, 0.29) is 25.0 Å². The summed E-state index contributed by atoms with van der Waals surface area (Å²) in [5, 5.41) is 28.6. The molecule has 2 heterocycles. The van der Waals surface area contributed by atoms with Gasteiger partial charge in [0.1, 0.15) is 17.2 Å². The third-order valence-corrected chi connectivity index (χ3v) is 3.36. The van der Waals surface area contributed by atoms with Gasteiger partial charge in [-0.25, -0.2) is 4.68 Å². The van der Waals surface area contributed by atoms with Gasteiger partial charge in [-0.3, -0.25) is 10.1 Å². The van der Waals surface area contributed by atoms with Crippen molar-refractivity contribution in [2.45, 2.75) is 39.8 Å². The van der Waals surface area contributed by atoms with Crippen LogP contribution in [-0.4, -0.2) is 36.2 Å². The average molecular weight is 296 g/mol. The molecule has 0 saturated carbocycles. The maximum atomic E-state index is 11.9. The highest BCUT2D eigenvalue weighted by atomic mass is 32.1. The minimum Gasteiger partial charge on any atom is -0.390 e. The molecular weight excluding hydrogens is 280 g/mol. The Morgan fingerprint density at radius 3 is 2.70 bits per heavy atom. The van der Waals surface area contributed by atoms with E-state index in [4.69, 9.17) is 0 Å². The second kappa shape index (κ2) is 6.06. The van der Waals surface area contributed by atoms with E-state index in [1.807, 2.05) is 20.8 Å². The highest BCUT2D eigenvalue weighted by Crippen LogP contribution is 2.18. The topological polar surface area (TPSA) is 106 Å². The van der Waals surface area contributed by atoms with Crippen LogP contribution in [0.2, 0.25) is 0 Å². The maximum Gasteiger partial charge on any atom is 0.248 e. The first-order valence-corrected chi connectivity index (χ1v) is 6.96. The molecule has 0 spiro atoms. The Kier molecular flexibility index (Phi) is 4.40. The monoisotopic (exact) mass is 296 g/mol. The standard InChI is InChI=1S/C11H16N6O2S/c1-6(2)10-8(5-18)14-16-17(10)4-9(19)12-11-15-13-7(3)20-11/h6,18H,4-5H2,1-3H3,(H,12,15,19). The summed E-state index contributed by atoms with van der Waals surface area (Å²) in [6.07, 6.45) is 0. The second-order valence-electron chi connectivity index (χ2n) is 4.57. The lowest BCUT2D eigenvalue weighted by atomic mass is 10.1. The molecule has 0 aromatic carbocycles. The molecule has 108 valence electrons. The van der Waals surface area contributed by atoms with E-state index in [0.717, 1.165) is 10.7 Å². The van der Waals surface area contributed by atoms with Crippen molar-refractivity contribution in [3.63, 3.8) is 0 Å². The Labute approximate surface area is 119 Å². The first-order chi connectivity index (χ1) is 9.51. The van der Waals surface area contributed by atoms with Crippen LogP contribution in [0.4, 0.5) is 5.13 Å². The number of hydrogen-bond donors (Lipinski definition) is 2. The van der Waals surface area contributed by atoms with E-state index in [1.165, 1.54) is 16.0 Å². The van der Waals surface area contributed by atoms with E-state index in [2.05, 4.69) is 25.8 Å². The van der Waals surface area contributed by atoms with Gasteiger partial charge in [0.15, 0.2) is 0 Å². The number of aromatic nitrogens is 5. The van der Waals surface area contributed by atoms with Crippen molar-refractivity contribution in [1.29, 1.82) is 0 Å². The highest BCUT2D eigenvalue weighted by Gasteiger charge is 2.17. The molecule has 0 aliphatic carbocycles. The van der Waals surface area contributed by atoms with E-state index in [0.29, 0.717) is 10.8 Å². The molecule has 1 amide bonds. The largest absolute Gasteiger partial charge is 0.390 e. The fourth-order valence-corrected chi connectivity index (χ4v) is 2.47. The Morgan fingerprint density at radius 2 is 2.15 bits per heavy atom. The normalized spacial score (nSPS) is 11.1. The first kappa shape index (κ1) is 14.5. The van der Waals surface area contributed by atoms with Gasteiger partial charge < -0.3 is 5.11 Å². The van der Waals surface area contributed by atoms with Crippen LogP contribution in [0.25, 0.3) is 0 Å². The summed E-state index contributed by atoms with van der Waals surface area (Å²) >= 11 is 1.31. The quantitative estimate of drug-likeness (QED) is 0.841. The summed E-state index contributed by atoms with van der Waals surface area (Å²) in [5.74, 6) is -0.138. The van der Waals surface area contributed by atoms with E-state index >= 15 is 0 Å². The van der Waals surface area contributed by atoms with Gasteiger partial charge in [0.2, 0.25) is 11.0 Å². The van der Waals surface area contributed by atoms with Crippen LogP contribution in [0.3, 0.4) is 0 Å². The van der Waals surface area contributed by atoms with Crippen molar-refractivity contribution >= 4 is 22.4 Å². The SMILES string of the molecule is Cc1nnc(NC(=O)Cn2nnc(CO)c2C(C)C)s1. The molecule has 8 nitrogen and oxygen atoms in total. The average Bonchev–Trinajstić information content (AvgIpc) is 2.95. The molecule has 0 fully saturated rings. The van der Waals surface area contributed by atoms with Gasteiger partial charge in [0, 0.05) is 0 Å². The van der Waals surface area contributed by atoms with Gasteiger partial charge >= 0.3 is 0 Å². The smallest absolute Gasteiger partial charge is 0.248 e. The van der Waals surface area contributed by atoms with Crippen LogP contribution in [0, 0.1) is 6.92 Å². The molecular formula is C11H16N6O2S. The molecule has 0 unspecified atom stereocenters. The van der Waals surface area contributed by atoms with Gasteiger partial charge in [0.05, 0.1) is 12.3 Å². The number of rotatable bonds is 5. The van der Waals surface area contributed by atoms with Crippen LogP contribution in [0.15, 0.2) is 0 Å². The maximum absolute atomic E-state index is 11.9. The fraction of sp³-hybridized carbons (Fsp3) is 0.545. The summed E-state index contributed by atoms with van der Waals surface area (Å²) in [6.45, 7) is 5.57. The molecule has 0 saturated heterocycles. The molecule has 20 heavy (non-hydrogen) atoms. The third-order valence-electron chi connectivity index (χ3n) is 2.61. The number of aliphatic hydroxyl groups is 1. The predicted molar refractivity (Wildman–Crippen MR) is 73.3 cm³/mol. The van der Waals surface area contributed by atoms with Crippen molar-refractivity contribution < 1.29 is 9.90 Å². The van der Waals surface area contributed by atoms with E-state index < -0.39 is 0 Å². The van der Waals surface area contributed by atoms with Gasteiger partial charge in [-0.2, -0.15) is 0 Å². The van der Waals surface area contributed by atoms with Crippen molar-refractivity contribution in [2.75, 3.05) is 5.32 Å². The number of carbonyl (C=O) groups excluding carboxylic acids is 1. The fourth-order valence-electron chi connectivity index (χ4n) is 1.86. The minimum absolute atomic E-state index is 0.0269. The lowest BCUT2D eigenvalue weighted by Gasteiger charge is -2.09. The van der Waals surface area contributed by atoms with Crippen molar-refractivity contribution in [2.24, 2.45) is 0 Å². The van der Waals surface area contributed by atoms with Gasteiger partial charge in [-0.05, 0) is 12.8 Å². The summed E-state index contributed by atoms with van der Waals surface area (Å²) < 4.78 is 1.50. The molecule has 0 radical (unpaired) electrons. The number of aryl methyl sites for hydroxylation is 1. The molecule has 2 rings (SSSR count). The van der Waals surface area contributed by atoms with Crippen LogP contribution in [0.5, 0.6) is 0 Å². The van der Waals surface area contributed by atoms with Crippen molar-refractivity contribution in [3.8, 4) is 0 Å². The van der Waals surface area contributed by atoms with Crippen molar-refractivity contribution in [1.82, 2.24) is 25.2 Å². The zero-order chi connectivity index (χ0) is 14.7. The molecule has 2 aromatic rings. The van der Waals surface area contributed by atoms with Gasteiger partial charge in [-0.15, -0.1) is 15.3 Å². The number of nitrogens with zero attached hydrogens (tertiary/aromatic N) is 5. The summed E-state index contributed by atoms with van der Waals surface area (Å²) in [6, 6.07) is 0. The molecule has 2 N–H and O–H groups in total. The molecule has 2 aromatic heterocycles. The summed E-state index contributed by atoms with van der Waals surface area (Å²) in [4.78, 5) is 11.9. The van der Waals surface area contributed by atoms with Crippen LogP contribution in [0.1, 0.15) is 36.2 Å². The Bertz CT molecular complexity index is 606. The highest BCUT2D eigenvalue weighted by molar-refractivity contribution is 7.15. The van der Waals surface area contributed by atoms with Gasteiger partial charge in [0.25, 0.3) is 0 Å². The Hall–Kier alpha value is -1.87. The number of aliphatic hydroxyl groups excluding tert-OH is 1. The second-order valence-corrected chi connectivity index (χ2v) is 5.75. The molecule has 0 aliphatic heterocycles. The molecule has 0 atom stereocenters. The lowest BCUT2D eigenvalue weighted by Crippen LogP contribution is -2.21. The zero-order valence-electron chi connectivity index (χ0n) is 11.5. The van der Waals surface area contributed by atoms with E-state index in [9.17, 15) is 9.90 Å². The number of amides is 1. The minimum atomic E-state index is -0.252. The lowest BCUT2D eigenvalue weighted by molar-refractivity contribution is -0.117. The van der Waals surface area contributed by atoms with E-state index in [1.54, 1.807) is 0 Å². The Morgan fingerprint density at radius 1 is 1.40 bits per heavy atom. The molecule has 9 heteroatoms. The summed E-state index contributed by atoms with van der Waals surface area (Å²) in [7, 11) is 0. The van der Waals surface area contributed by atoms with Crippen LogP contribution < -0.4 is 5.32 Å². The Balaban J connectivity index is 2.09. The number of carbonyl (C=O) groups is 1. The third kappa shape index (κ3) is 3.17. The zero-order valence-corrected chi connectivity index (χ0v) is 12.3. The van der Waals surface area contributed by atoms with Gasteiger partial charge in [-0.1, -0.05) is 30.4 Å². The number of hydrogen-bond acceptors (Lipinski definition) is 7. The molecule has 0 bridgehead atoms.